The van der Waals surface area contributed by atoms with Gasteiger partial charge in [0.05, 0.1) is 6.10 Å². The first-order chi connectivity index (χ1) is 8.35. The van der Waals surface area contributed by atoms with Crippen molar-refractivity contribution in [2.24, 2.45) is 5.73 Å². The molecule has 0 amide bonds. The molecule has 2 rings (SSSR count). The summed E-state index contributed by atoms with van der Waals surface area (Å²) in [4.78, 5) is 0. The highest BCUT2D eigenvalue weighted by Crippen LogP contribution is 2.15. The Kier molecular flexibility index (Phi) is 4.18. The number of rotatable bonds is 6. The Morgan fingerprint density at radius 3 is 2.88 bits per heavy atom. The molecule has 0 bridgehead atoms. The highest BCUT2D eigenvalue weighted by molar-refractivity contribution is 5.79. The summed E-state index contributed by atoms with van der Waals surface area (Å²) in [5.41, 5.74) is 6.95. The van der Waals surface area contributed by atoms with Crippen LogP contribution in [0.4, 0.5) is 0 Å². The number of para-hydroxylation sites is 1. The molecule has 3 nitrogen and oxygen atoms in total. The Morgan fingerprint density at radius 1 is 1.29 bits per heavy atom. The maximum absolute atomic E-state index is 5.68. The van der Waals surface area contributed by atoms with Crippen molar-refractivity contribution in [3.05, 3.63) is 36.5 Å². The van der Waals surface area contributed by atoms with Crippen molar-refractivity contribution in [3.8, 4) is 0 Å². The average molecular weight is 232 g/mol. The third-order valence-corrected chi connectivity index (χ3v) is 3.04. The van der Waals surface area contributed by atoms with Crippen LogP contribution in [0.3, 0.4) is 0 Å². The van der Waals surface area contributed by atoms with Crippen LogP contribution in [0, 0.1) is 0 Å². The molecule has 0 aliphatic carbocycles. The predicted molar refractivity (Wildman–Crippen MR) is 71.0 cm³/mol. The van der Waals surface area contributed by atoms with Gasteiger partial charge in [-0.2, -0.15) is 0 Å². The van der Waals surface area contributed by atoms with Gasteiger partial charge in [-0.3, -0.25) is 0 Å². The monoisotopic (exact) mass is 232 g/mol. The van der Waals surface area contributed by atoms with Crippen LogP contribution in [0.2, 0.25) is 0 Å². The van der Waals surface area contributed by atoms with E-state index >= 15 is 0 Å². The minimum Gasteiger partial charge on any atom is -0.377 e. The molecule has 0 aliphatic rings. The molecule has 0 saturated carbocycles. The zero-order valence-corrected chi connectivity index (χ0v) is 10.3. The maximum Gasteiger partial charge on any atom is 0.0714 e. The summed E-state index contributed by atoms with van der Waals surface area (Å²) in [5.74, 6) is 0. The van der Waals surface area contributed by atoms with Crippen molar-refractivity contribution in [1.29, 1.82) is 0 Å². The van der Waals surface area contributed by atoms with E-state index in [4.69, 9.17) is 10.5 Å². The molecular weight excluding hydrogens is 212 g/mol. The normalized spacial score (nSPS) is 13.1. The van der Waals surface area contributed by atoms with Crippen LogP contribution in [0.25, 0.3) is 10.9 Å². The third kappa shape index (κ3) is 2.87. The van der Waals surface area contributed by atoms with Gasteiger partial charge in [-0.1, -0.05) is 18.2 Å². The van der Waals surface area contributed by atoms with Gasteiger partial charge in [-0.05, 0) is 30.9 Å². The second-order valence-electron chi connectivity index (χ2n) is 4.17. The van der Waals surface area contributed by atoms with Crippen molar-refractivity contribution in [3.63, 3.8) is 0 Å². The molecule has 0 aliphatic heterocycles. The maximum atomic E-state index is 5.68. The largest absolute Gasteiger partial charge is 0.377 e. The molecular formula is C14H20N2O. The summed E-state index contributed by atoms with van der Waals surface area (Å²) in [5, 5.41) is 1.29. The highest BCUT2D eigenvalue weighted by Gasteiger charge is 2.07. The molecule has 0 fully saturated rings. The highest BCUT2D eigenvalue weighted by atomic mass is 16.5. The first kappa shape index (κ1) is 12.1. The van der Waals surface area contributed by atoms with Crippen molar-refractivity contribution in [1.82, 2.24) is 4.57 Å². The number of hydrogen-bond acceptors (Lipinski definition) is 2. The summed E-state index contributed by atoms with van der Waals surface area (Å²) >= 11 is 0. The molecule has 17 heavy (non-hydrogen) atoms. The zero-order chi connectivity index (χ0) is 12.1. The quantitative estimate of drug-likeness (QED) is 0.830. The Labute approximate surface area is 102 Å². The Hall–Kier alpha value is -1.32. The van der Waals surface area contributed by atoms with Crippen LogP contribution >= 0.6 is 0 Å². The van der Waals surface area contributed by atoms with Gasteiger partial charge in [-0.15, -0.1) is 0 Å². The molecule has 3 heteroatoms. The Morgan fingerprint density at radius 2 is 2.12 bits per heavy atom. The Balaban J connectivity index is 2.03. The number of nitrogens with two attached hydrogens (primary N) is 1. The molecule has 0 radical (unpaired) electrons. The van der Waals surface area contributed by atoms with Crippen LogP contribution in [0.15, 0.2) is 36.5 Å². The van der Waals surface area contributed by atoms with Crippen LogP contribution in [-0.4, -0.2) is 23.8 Å². The summed E-state index contributed by atoms with van der Waals surface area (Å²) in [6.07, 6.45) is 3.26. The van der Waals surface area contributed by atoms with E-state index in [1.165, 1.54) is 10.9 Å². The predicted octanol–water partition coefficient (Wildman–Crippen LogP) is 2.40. The van der Waals surface area contributed by atoms with Crippen molar-refractivity contribution >= 4 is 10.9 Å². The molecule has 2 aromatic rings. The van der Waals surface area contributed by atoms with E-state index in [0.717, 1.165) is 19.6 Å². The fourth-order valence-corrected chi connectivity index (χ4v) is 2.12. The minimum atomic E-state index is 0.168. The first-order valence-electron chi connectivity index (χ1n) is 6.20. The lowest BCUT2D eigenvalue weighted by atomic mass is 10.2. The molecule has 0 saturated heterocycles. The van der Waals surface area contributed by atoms with E-state index in [1.807, 2.05) is 6.92 Å². The summed E-state index contributed by atoms with van der Waals surface area (Å²) < 4.78 is 7.82. The first-order valence-corrected chi connectivity index (χ1v) is 6.20. The number of hydrogen-bond donors (Lipinski definition) is 1. The SMILES string of the molecule is CCOC(CN)CCn1ccc2ccccc21. The van der Waals surface area contributed by atoms with Gasteiger partial charge in [0.1, 0.15) is 0 Å². The lowest BCUT2D eigenvalue weighted by molar-refractivity contribution is 0.0601. The lowest BCUT2D eigenvalue weighted by Gasteiger charge is -2.15. The minimum absolute atomic E-state index is 0.168. The molecule has 92 valence electrons. The van der Waals surface area contributed by atoms with E-state index in [1.54, 1.807) is 0 Å². The van der Waals surface area contributed by atoms with Gasteiger partial charge in [0.2, 0.25) is 0 Å². The van der Waals surface area contributed by atoms with Gasteiger partial charge in [0.15, 0.2) is 0 Å². The van der Waals surface area contributed by atoms with Crippen molar-refractivity contribution in [2.75, 3.05) is 13.2 Å². The van der Waals surface area contributed by atoms with Crippen LogP contribution in [0.1, 0.15) is 13.3 Å². The third-order valence-electron chi connectivity index (χ3n) is 3.04. The van der Waals surface area contributed by atoms with Crippen molar-refractivity contribution < 1.29 is 4.74 Å². The fraction of sp³-hybridized carbons (Fsp3) is 0.429. The molecule has 1 heterocycles. The Bertz CT molecular complexity index is 464. The summed E-state index contributed by atoms with van der Waals surface area (Å²) in [6, 6.07) is 10.6. The van der Waals surface area contributed by atoms with E-state index in [9.17, 15) is 0 Å². The van der Waals surface area contributed by atoms with Gasteiger partial charge < -0.3 is 15.0 Å². The average Bonchev–Trinajstić information content (AvgIpc) is 2.78. The number of ether oxygens (including phenoxy) is 1. The number of benzene rings is 1. The van der Waals surface area contributed by atoms with Gasteiger partial charge in [-0.25, -0.2) is 0 Å². The topological polar surface area (TPSA) is 40.2 Å². The van der Waals surface area contributed by atoms with E-state index < -0.39 is 0 Å². The number of nitrogens with zero attached hydrogens (tertiary/aromatic N) is 1. The summed E-state index contributed by atoms with van der Waals surface area (Å²) in [7, 11) is 0. The van der Waals surface area contributed by atoms with Crippen LogP contribution in [-0.2, 0) is 11.3 Å². The van der Waals surface area contributed by atoms with Gasteiger partial charge >= 0.3 is 0 Å². The van der Waals surface area contributed by atoms with Crippen LogP contribution < -0.4 is 5.73 Å². The number of fused-ring (bicyclic) bond motifs is 1. The van der Waals surface area contributed by atoms with E-state index in [2.05, 4.69) is 41.1 Å². The van der Waals surface area contributed by atoms with Gasteiger partial charge in [0.25, 0.3) is 0 Å². The molecule has 1 atom stereocenters. The zero-order valence-electron chi connectivity index (χ0n) is 10.3. The number of aromatic nitrogens is 1. The molecule has 1 aromatic carbocycles. The van der Waals surface area contributed by atoms with Crippen molar-refractivity contribution in [2.45, 2.75) is 26.0 Å². The molecule has 2 N–H and O–H groups in total. The standard InChI is InChI=1S/C14H20N2O/c1-2-17-13(11-15)8-10-16-9-7-12-5-3-4-6-14(12)16/h3-7,9,13H,2,8,10-11,15H2,1H3. The van der Waals surface area contributed by atoms with Crippen LogP contribution in [0.5, 0.6) is 0 Å². The second-order valence-corrected chi connectivity index (χ2v) is 4.17. The molecule has 0 spiro atoms. The fourth-order valence-electron chi connectivity index (χ4n) is 2.12. The van der Waals surface area contributed by atoms with E-state index in [-0.39, 0.29) is 6.10 Å². The van der Waals surface area contributed by atoms with E-state index in [0.29, 0.717) is 6.54 Å². The lowest BCUT2D eigenvalue weighted by Crippen LogP contribution is -2.25. The van der Waals surface area contributed by atoms with Gasteiger partial charge in [0, 0.05) is 31.4 Å². The number of aryl methyl sites for hydroxylation is 1. The molecule has 1 unspecified atom stereocenters. The smallest absolute Gasteiger partial charge is 0.0714 e. The molecule has 1 aromatic heterocycles. The second kappa shape index (κ2) is 5.84. The summed E-state index contributed by atoms with van der Waals surface area (Å²) in [6.45, 7) is 4.28.